The molecular weight excluding hydrogens is 300 g/mol. The van der Waals surface area contributed by atoms with Gasteiger partial charge in [-0.15, -0.1) is 0 Å². The normalized spacial score (nSPS) is 36.8. The number of hydrogen-bond donors (Lipinski definition) is 2. The molecule has 0 radical (unpaired) electrons. The van der Waals surface area contributed by atoms with Crippen LogP contribution in [0.4, 0.5) is 0 Å². The summed E-state index contributed by atoms with van der Waals surface area (Å²) in [6.45, 7) is 1.94. The quantitative estimate of drug-likeness (QED) is 0.699. The Morgan fingerprint density at radius 1 is 1.48 bits per heavy atom. The van der Waals surface area contributed by atoms with Crippen LogP contribution in [0.1, 0.15) is 13.2 Å². The van der Waals surface area contributed by atoms with Crippen LogP contribution in [0.25, 0.3) is 0 Å². The molecule has 0 spiro atoms. The molecule has 4 atom stereocenters. The minimum atomic E-state index is -1.36. The van der Waals surface area contributed by atoms with E-state index in [4.69, 9.17) is 31.2 Å². The summed E-state index contributed by atoms with van der Waals surface area (Å²) in [7, 11) is 0. The molecule has 9 heteroatoms. The van der Waals surface area contributed by atoms with E-state index in [0.717, 1.165) is 0 Å². The van der Waals surface area contributed by atoms with Crippen LogP contribution in [0.3, 0.4) is 0 Å². The molecule has 1 aromatic rings. The van der Waals surface area contributed by atoms with Crippen LogP contribution in [0.5, 0.6) is 0 Å². The molecule has 0 amide bonds. The number of ether oxygens (including phenoxy) is 4. The number of nitrogens with zero attached hydrogens (tertiary/aromatic N) is 1. The van der Waals surface area contributed by atoms with Crippen LogP contribution < -0.4 is 5.56 Å². The second kappa shape index (κ2) is 5.59. The van der Waals surface area contributed by atoms with Crippen molar-refractivity contribution in [3.05, 3.63) is 27.4 Å². The number of aromatic nitrogens is 2. The van der Waals surface area contributed by atoms with E-state index in [-0.39, 0.29) is 30.5 Å². The highest BCUT2D eigenvalue weighted by atomic mass is 32.1. The van der Waals surface area contributed by atoms with Crippen LogP contribution in [0.15, 0.2) is 17.1 Å². The number of aliphatic hydroxyl groups is 1. The van der Waals surface area contributed by atoms with Crippen molar-refractivity contribution in [3.8, 4) is 0 Å². The lowest BCUT2D eigenvalue weighted by atomic mass is 9.96. The lowest BCUT2D eigenvalue weighted by molar-refractivity contribution is -0.214. The van der Waals surface area contributed by atoms with E-state index >= 15 is 0 Å². The van der Waals surface area contributed by atoms with Crippen LogP contribution in [0, 0.1) is 4.77 Å². The van der Waals surface area contributed by atoms with Gasteiger partial charge in [0.1, 0.15) is 31.4 Å². The minimum Gasteiger partial charge on any atom is -0.383 e. The van der Waals surface area contributed by atoms with E-state index in [1.807, 2.05) is 0 Å². The molecule has 21 heavy (non-hydrogen) atoms. The average Bonchev–Trinajstić information content (AvgIpc) is 2.60. The molecule has 0 aromatic carbocycles. The topological polar surface area (TPSA) is 94.9 Å². The molecule has 3 rings (SSSR count). The summed E-state index contributed by atoms with van der Waals surface area (Å²) in [5, 5.41) is 10.8. The van der Waals surface area contributed by atoms with Gasteiger partial charge in [0.05, 0.1) is 6.61 Å². The van der Waals surface area contributed by atoms with Gasteiger partial charge in [0.15, 0.2) is 11.0 Å². The predicted octanol–water partition coefficient (Wildman–Crippen LogP) is -0.0987. The molecule has 116 valence electrons. The smallest absolute Gasteiger partial charge is 0.251 e. The fraction of sp³-hybridized carbons (Fsp3) is 0.667. The molecule has 1 aromatic heterocycles. The van der Waals surface area contributed by atoms with Gasteiger partial charge < -0.3 is 24.1 Å². The van der Waals surface area contributed by atoms with E-state index in [0.29, 0.717) is 0 Å². The fourth-order valence-corrected chi connectivity index (χ4v) is 2.89. The van der Waals surface area contributed by atoms with Crippen molar-refractivity contribution in [1.82, 2.24) is 9.55 Å². The standard InChI is InChI=1S/C12H16N2O6S/c1-12(16)9-7(4-17-5-18-6-19-9)20-10(12)14-3-2-8(15)13-11(14)21/h2-3,7,9-10,16H,4-6H2,1H3,(H,13,15,21)/t7-,9?,10-,12-/m1/s1. The molecule has 1 unspecified atom stereocenters. The number of rotatable bonds is 1. The Hall–Kier alpha value is -1.10. The highest BCUT2D eigenvalue weighted by molar-refractivity contribution is 7.71. The van der Waals surface area contributed by atoms with Gasteiger partial charge in [-0.05, 0) is 19.1 Å². The summed E-state index contributed by atoms with van der Waals surface area (Å²) < 4.78 is 23.4. The van der Waals surface area contributed by atoms with Gasteiger partial charge in [0, 0.05) is 12.3 Å². The van der Waals surface area contributed by atoms with E-state index in [1.165, 1.54) is 16.8 Å². The summed E-state index contributed by atoms with van der Waals surface area (Å²) in [5.41, 5.74) is -1.67. The van der Waals surface area contributed by atoms with Gasteiger partial charge in [-0.3, -0.25) is 14.3 Å². The monoisotopic (exact) mass is 316 g/mol. The number of aromatic amines is 1. The largest absolute Gasteiger partial charge is 0.383 e. The number of hydrogen-bond acceptors (Lipinski definition) is 7. The molecule has 3 heterocycles. The van der Waals surface area contributed by atoms with Crippen molar-refractivity contribution in [1.29, 1.82) is 0 Å². The minimum absolute atomic E-state index is 0.00438. The van der Waals surface area contributed by atoms with Gasteiger partial charge >= 0.3 is 0 Å². The molecule has 8 nitrogen and oxygen atoms in total. The van der Waals surface area contributed by atoms with Gasteiger partial charge in [0.2, 0.25) is 0 Å². The third-order valence-corrected chi connectivity index (χ3v) is 3.91. The van der Waals surface area contributed by atoms with Crippen LogP contribution in [-0.2, 0) is 18.9 Å². The molecule has 2 saturated heterocycles. The predicted molar refractivity (Wildman–Crippen MR) is 72.1 cm³/mol. The van der Waals surface area contributed by atoms with Crippen molar-refractivity contribution in [3.63, 3.8) is 0 Å². The lowest BCUT2D eigenvalue weighted by Crippen LogP contribution is -2.47. The van der Waals surface area contributed by atoms with Gasteiger partial charge in [-0.2, -0.15) is 0 Å². The maximum atomic E-state index is 11.3. The maximum Gasteiger partial charge on any atom is 0.251 e. The van der Waals surface area contributed by atoms with E-state index in [9.17, 15) is 9.90 Å². The molecule has 2 aliphatic rings. The Morgan fingerprint density at radius 3 is 3.05 bits per heavy atom. The third-order valence-electron chi connectivity index (χ3n) is 3.60. The summed E-state index contributed by atoms with van der Waals surface area (Å²) in [6, 6.07) is 1.32. The number of fused-ring (bicyclic) bond motifs is 1. The zero-order valence-electron chi connectivity index (χ0n) is 11.4. The van der Waals surface area contributed by atoms with Crippen molar-refractivity contribution < 1.29 is 24.1 Å². The van der Waals surface area contributed by atoms with E-state index in [1.54, 1.807) is 6.92 Å². The van der Waals surface area contributed by atoms with Gasteiger partial charge in [0.25, 0.3) is 5.56 Å². The van der Waals surface area contributed by atoms with Crippen molar-refractivity contribution in [2.24, 2.45) is 0 Å². The zero-order chi connectivity index (χ0) is 15.0. The highest BCUT2D eigenvalue weighted by Gasteiger charge is 2.55. The fourth-order valence-electron chi connectivity index (χ4n) is 2.63. The maximum absolute atomic E-state index is 11.3. The van der Waals surface area contributed by atoms with E-state index in [2.05, 4.69) is 4.98 Å². The lowest BCUT2D eigenvalue weighted by Gasteiger charge is -2.31. The molecule has 0 saturated carbocycles. The molecule has 0 bridgehead atoms. The Kier molecular flexibility index (Phi) is 3.95. The average molecular weight is 316 g/mol. The summed E-state index contributed by atoms with van der Waals surface area (Å²) in [4.78, 5) is 13.8. The second-order valence-corrected chi connectivity index (χ2v) is 5.55. The Bertz CT molecular complexity index is 627. The third kappa shape index (κ3) is 2.68. The first-order valence-corrected chi connectivity index (χ1v) is 6.87. The summed E-state index contributed by atoms with van der Waals surface area (Å²) in [6.07, 6.45) is -0.394. The Labute approximate surface area is 125 Å². The number of H-pyrrole nitrogens is 1. The molecule has 2 aliphatic heterocycles. The van der Waals surface area contributed by atoms with Crippen molar-refractivity contribution >= 4 is 12.2 Å². The molecular formula is C12H16N2O6S. The molecule has 0 aliphatic carbocycles. The van der Waals surface area contributed by atoms with Gasteiger partial charge in [-0.1, -0.05) is 0 Å². The van der Waals surface area contributed by atoms with Crippen LogP contribution in [0.2, 0.25) is 0 Å². The second-order valence-electron chi connectivity index (χ2n) is 5.17. The van der Waals surface area contributed by atoms with E-state index < -0.39 is 24.0 Å². The van der Waals surface area contributed by atoms with Gasteiger partial charge in [-0.25, -0.2) is 0 Å². The van der Waals surface area contributed by atoms with Crippen LogP contribution >= 0.6 is 12.2 Å². The zero-order valence-corrected chi connectivity index (χ0v) is 12.2. The number of nitrogens with one attached hydrogen (secondary N) is 1. The highest BCUT2D eigenvalue weighted by Crippen LogP contribution is 2.40. The SMILES string of the molecule is C[C@@]1(O)C2OCOCOC[C@H]2O[C@H]1n1ccc(=O)[nH]c1=S. The van der Waals surface area contributed by atoms with Crippen molar-refractivity contribution in [2.45, 2.75) is 31.0 Å². The first-order chi connectivity index (χ1) is 10.00. The molecule has 2 fully saturated rings. The molecule has 2 N–H and O–H groups in total. The Morgan fingerprint density at radius 2 is 2.29 bits per heavy atom. The van der Waals surface area contributed by atoms with Crippen molar-refractivity contribution in [2.75, 3.05) is 20.2 Å². The first-order valence-electron chi connectivity index (χ1n) is 6.46. The summed E-state index contributed by atoms with van der Waals surface area (Å²) in [5.74, 6) is 0. The summed E-state index contributed by atoms with van der Waals surface area (Å²) >= 11 is 5.12. The van der Waals surface area contributed by atoms with Crippen LogP contribution in [-0.4, -0.2) is 52.7 Å². The first kappa shape index (κ1) is 14.8. The Balaban J connectivity index is 1.95.